The van der Waals surface area contributed by atoms with Crippen molar-refractivity contribution >= 4 is 17.7 Å². The molecule has 19 heavy (non-hydrogen) atoms. The third kappa shape index (κ3) is 2.65. The Morgan fingerprint density at radius 1 is 1.37 bits per heavy atom. The van der Waals surface area contributed by atoms with Crippen molar-refractivity contribution in [2.24, 2.45) is 5.41 Å². The molecule has 1 fully saturated rings. The zero-order valence-electron chi connectivity index (χ0n) is 10.7. The van der Waals surface area contributed by atoms with Gasteiger partial charge in [-0.2, -0.15) is 0 Å². The summed E-state index contributed by atoms with van der Waals surface area (Å²) in [5.41, 5.74) is 0.389. The molecule has 5 nitrogen and oxygen atoms in total. The van der Waals surface area contributed by atoms with Gasteiger partial charge in [0.2, 0.25) is 0 Å². The van der Waals surface area contributed by atoms with E-state index in [2.05, 4.69) is 0 Å². The van der Waals surface area contributed by atoms with E-state index in [1.54, 1.807) is 12.1 Å². The van der Waals surface area contributed by atoms with Crippen LogP contribution in [0.15, 0.2) is 30.3 Å². The van der Waals surface area contributed by atoms with Crippen molar-refractivity contribution in [2.75, 3.05) is 7.11 Å². The van der Waals surface area contributed by atoms with Gasteiger partial charge < -0.3 is 4.74 Å². The van der Waals surface area contributed by atoms with Crippen LogP contribution < -0.4 is 0 Å². The van der Waals surface area contributed by atoms with Crippen molar-refractivity contribution in [3.63, 3.8) is 0 Å². The number of esters is 1. The summed E-state index contributed by atoms with van der Waals surface area (Å²) >= 11 is 0. The number of methoxy groups -OCH3 is 1. The van der Waals surface area contributed by atoms with Crippen molar-refractivity contribution in [1.82, 2.24) is 0 Å². The van der Waals surface area contributed by atoms with E-state index in [-0.39, 0.29) is 11.7 Å². The maximum Gasteiger partial charge on any atom is 0.315 e. The Hall–Kier alpha value is -2.17. The molecule has 0 aliphatic heterocycles. The predicted octanol–water partition coefficient (Wildman–Crippen LogP) is 2.95. The summed E-state index contributed by atoms with van der Waals surface area (Å²) in [5, 5.41) is 10.5. The molecular formula is C14H15NO4. The van der Waals surface area contributed by atoms with Crippen LogP contribution in [0.4, 0.5) is 5.69 Å². The van der Waals surface area contributed by atoms with Gasteiger partial charge in [0.05, 0.1) is 17.4 Å². The van der Waals surface area contributed by atoms with Gasteiger partial charge in [-0.25, -0.2) is 0 Å². The Kier molecular flexibility index (Phi) is 3.64. The molecule has 0 bridgehead atoms. The smallest absolute Gasteiger partial charge is 0.315 e. The molecule has 0 saturated heterocycles. The lowest BCUT2D eigenvalue weighted by molar-refractivity contribution is -0.384. The molecular weight excluding hydrogens is 246 g/mol. The van der Waals surface area contributed by atoms with Crippen LogP contribution in [-0.4, -0.2) is 18.0 Å². The van der Waals surface area contributed by atoms with Crippen LogP contribution in [0.2, 0.25) is 0 Å². The molecule has 0 unspecified atom stereocenters. The summed E-state index contributed by atoms with van der Waals surface area (Å²) in [6.45, 7) is 0. The Morgan fingerprint density at radius 2 is 2.00 bits per heavy atom. The molecule has 1 aliphatic carbocycles. The number of ether oxygens (including phenoxy) is 1. The van der Waals surface area contributed by atoms with Crippen molar-refractivity contribution in [2.45, 2.75) is 19.3 Å². The quantitative estimate of drug-likeness (QED) is 0.474. The Morgan fingerprint density at radius 3 is 2.42 bits per heavy atom. The number of benzene rings is 1. The fourth-order valence-electron chi connectivity index (χ4n) is 2.16. The molecule has 0 atom stereocenters. The minimum absolute atomic E-state index is 0.0588. The normalized spacial score (nSPS) is 16.9. The maximum absolute atomic E-state index is 11.7. The van der Waals surface area contributed by atoms with E-state index < -0.39 is 10.3 Å². The van der Waals surface area contributed by atoms with Crippen LogP contribution in [0.1, 0.15) is 24.8 Å². The second kappa shape index (κ2) is 5.22. The minimum atomic E-state index is -0.503. The average Bonchev–Trinajstić information content (AvgIpc) is 2.37. The number of non-ortho nitro benzene ring substituents is 1. The fraction of sp³-hybridized carbons (Fsp3) is 0.357. The lowest BCUT2D eigenvalue weighted by atomic mass is 9.68. The van der Waals surface area contributed by atoms with Crippen molar-refractivity contribution in [3.05, 3.63) is 46.0 Å². The van der Waals surface area contributed by atoms with Gasteiger partial charge in [-0.1, -0.05) is 18.6 Å². The third-order valence-electron chi connectivity index (χ3n) is 3.54. The molecule has 1 aromatic carbocycles. The van der Waals surface area contributed by atoms with Crippen LogP contribution in [0.25, 0.3) is 6.08 Å². The van der Waals surface area contributed by atoms with Crippen molar-refractivity contribution in [1.29, 1.82) is 0 Å². The molecule has 0 spiro atoms. The number of rotatable bonds is 4. The standard InChI is InChI=1S/C14H15NO4/c1-19-13(16)14(8-2-9-14)10-7-11-3-5-12(6-4-11)15(17)18/h3-7,10H,2,8-9H2,1H3. The number of carbonyl (C=O) groups excluding carboxylic acids is 1. The Balaban J connectivity index is 2.13. The lowest BCUT2D eigenvalue weighted by Crippen LogP contribution is -2.36. The van der Waals surface area contributed by atoms with E-state index >= 15 is 0 Å². The first-order valence-corrected chi connectivity index (χ1v) is 6.09. The van der Waals surface area contributed by atoms with E-state index in [1.165, 1.54) is 19.2 Å². The SMILES string of the molecule is COC(=O)C1(C=Cc2ccc([N+](=O)[O-])cc2)CCC1. The molecule has 5 heteroatoms. The molecule has 0 radical (unpaired) electrons. The first-order chi connectivity index (χ1) is 9.07. The lowest BCUT2D eigenvalue weighted by Gasteiger charge is -2.36. The summed E-state index contributed by atoms with van der Waals surface area (Å²) < 4.78 is 4.82. The molecule has 1 saturated carbocycles. The van der Waals surface area contributed by atoms with Gasteiger partial charge in [0, 0.05) is 12.1 Å². The summed E-state index contributed by atoms with van der Waals surface area (Å²) in [7, 11) is 1.39. The van der Waals surface area contributed by atoms with E-state index in [0.717, 1.165) is 24.8 Å². The summed E-state index contributed by atoms with van der Waals surface area (Å²) in [4.78, 5) is 21.8. The number of carbonyl (C=O) groups is 1. The van der Waals surface area contributed by atoms with Crippen LogP contribution in [-0.2, 0) is 9.53 Å². The first kappa shape index (κ1) is 13.3. The highest BCUT2D eigenvalue weighted by Crippen LogP contribution is 2.43. The molecule has 1 aromatic rings. The van der Waals surface area contributed by atoms with Gasteiger partial charge in [-0.15, -0.1) is 0 Å². The Bertz CT molecular complexity index is 515. The monoisotopic (exact) mass is 261 g/mol. The van der Waals surface area contributed by atoms with E-state index in [1.807, 2.05) is 12.2 Å². The minimum Gasteiger partial charge on any atom is -0.468 e. The van der Waals surface area contributed by atoms with Gasteiger partial charge in [-0.05, 0) is 30.5 Å². The average molecular weight is 261 g/mol. The van der Waals surface area contributed by atoms with Gasteiger partial charge >= 0.3 is 5.97 Å². The third-order valence-corrected chi connectivity index (χ3v) is 3.54. The van der Waals surface area contributed by atoms with Crippen LogP contribution in [0.3, 0.4) is 0 Å². The molecule has 2 rings (SSSR count). The van der Waals surface area contributed by atoms with Crippen LogP contribution >= 0.6 is 0 Å². The number of nitro groups is 1. The number of nitrogens with zero attached hydrogens (tertiary/aromatic N) is 1. The number of hydrogen-bond donors (Lipinski definition) is 0. The van der Waals surface area contributed by atoms with Crippen molar-refractivity contribution in [3.8, 4) is 0 Å². The maximum atomic E-state index is 11.7. The molecule has 0 amide bonds. The predicted molar refractivity (Wildman–Crippen MR) is 70.4 cm³/mol. The van der Waals surface area contributed by atoms with Crippen molar-refractivity contribution < 1.29 is 14.5 Å². The summed E-state index contributed by atoms with van der Waals surface area (Å²) in [6.07, 6.45) is 6.27. The zero-order valence-corrected chi connectivity index (χ0v) is 10.7. The summed E-state index contributed by atoms with van der Waals surface area (Å²) in [6, 6.07) is 6.23. The number of nitro benzene ring substituents is 1. The molecule has 0 N–H and O–H groups in total. The van der Waals surface area contributed by atoms with Gasteiger partial charge in [-0.3, -0.25) is 14.9 Å². The highest BCUT2D eigenvalue weighted by Gasteiger charge is 2.42. The van der Waals surface area contributed by atoms with Crippen LogP contribution in [0, 0.1) is 15.5 Å². The summed E-state index contributed by atoms with van der Waals surface area (Å²) in [5.74, 6) is -0.211. The zero-order chi connectivity index (χ0) is 13.9. The Labute approximate surface area is 111 Å². The highest BCUT2D eigenvalue weighted by atomic mass is 16.6. The number of hydrogen-bond acceptors (Lipinski definition) is 4. The molecule has 0 aromatic heterocycles. The molecule has 0 heterocycles. The van der Waals surface area contributed by atoms with Gasteiger partial charge in [0.1, 0.15) is 0 Å². The molecule has 1 aliphatic rings. The van der Waals surface area contributed by atoms with Gasteiger partial charge in [0.25, 0.3) is 5.69 Å². The topological polar surface area (TPSA) is 69.4 Å². The van der Waals surface area contributed by atoms with Crippen LogP contribution in [0.5, 0.6) is 0 Å². The van der Waals surface area contributed by atoms with E-state index in [9.17, 15) is 14.9 Å². The highest BCUT2D eigenvalue weighted by molar-refractivity contribution is 5.81. The fourth-order valence-corrected chi connectivity index (χ4v) is 2.16. The molecule has 100 valence electrons. The first-order valence-electron chi connectivity index (χ1n) is 6.09. The van der Waals surface area contributed by atoms with Gasteiger partial charge in [0.15, 0.2) is 0 Å². The second-order valence-electron chi connectivity index (χ2n) is 4.68. The second-order valence-corrected chi connectivity index (χ2v) is 4.68. The van der Waals surface area contributed by atoms with E-state index in [0.29, 0.717) is 0 Å². The largest absolute Gasteiger partial charge is 0.468 e. The van der Waals surface area contributed by atoms with E-state index in [4.69, 9.17) is 4.74 Å².